The van der Waals surface area contributed by atoms with E-state index in [1.165, 1.54) is 11.0 Å². The van der Waals surface area contributed by atoms with E-state index in [0.717, 1.165) is 16.5 Å². The maximum atomic E-state index is 14.2. The highest BCUT2D eigenvalue weighted by Crippen LogP contribution is 2.31. The Morgan fingerprint density at radius 2 is 2.03 bits per heavy atom. The first-order valence-electron chi connectivity index (χ1n) is 9.87. The van der Waals surface area contributed by atoms with Crippen molar-refractivity contribution in [2.75, 3.05) is 18.0 Å². The standard InChI is InChI=1S/C22H20FN5O2/c23-16-5-3-7-18-20(16)21(27-26-18)28-12-14(10-19(28)29)22(30)24-9-8-13-11-25-17-6-2-1-4-15(13)17/h1-7,11,14,25H,8-10,12H2,(H,24,30)(H,26,27)/t14-/m0/s1. The largest absolute Gasteiger partial charge is 0.361 e. The lowest BCUT2D eigenvalue weighted by Gasteiger charge is -2.14. The quantitative estimate of drug-likeness (QED) is 0.477. The first-order valence-corrected chi connectivity index (χ1v) is 9.87. The molecule has 1 fully saturated rings. The van der Waals surface area contributed by atoms with E-state index >= 15 is 0 Å². The van der Waals surface area contributed by atoms with Crippen LogP contribution in [0.2, 0.25) is 0 Å². The van der Waals surface area contributed by atoms with Crippen molar-refractivity contribution >= 4 is 39.4 Å². The summed E-state index contributed by atoms with van der Waals surface area (Å²) in [5.41, 5.74) is 2.72. The summed E-state index contributed by atoms with van der Waals surface area (Å²) >= 11 is 0. The van der Waals surface area contributed by atoms with Gasteiger partial charge < -0.3 is 10.3 Å². The van der Waals surface area contributed by atoms with Crippen molar-refractivity contribution in [2.45, 2.75) is 12.8 Å². The summed E-state index contributed by atoms with van der Waals surface area (Å²) in [5.74, 6) is -1.11. The summed E-state index contributed by atoms with van der Waals surface area (Å²) in [7, 11) is 0. The topological polar surface area (TPSA) is 93.9 Å². The molecule has 1 saturated heterocycles. The smallest absolute Gasteiger partial charge is 0.229 e. The highest BCUT2D eigenvalue weighted by atomic mass is 19.1. The summed E-state index contributed by atoms with van der Waals surface area (Å²) in [4.78, 5) is 29.8. The normalized spacial score (nSPS) is 16.6. The van der Waals surface area contributed by atoms with E-state index in [2.05, 4.69) is 20.5 Å². The van der Waals surface area contributed by atoms with Crippen LogP contribution in [0.25, 0.3) is 21.8 Å². The van der Waals surface area contributed by atoms with E-state index in [4.69, 9.17) is 0 Å². The molecule has 0 radical (unpaired) electrons. The van der Waals surface area contributed by atoms with Crippen molar-refractivity contribution in [3.05, 3.63) is 60.0 Å². The number of aromatic nitrogens is 3. The summed E-state index contributed by atoms with van der Waals surface area (Å²) in [6.45, 7) is 0.664. The van der Waals surface area contributed by atoms with Crippen LogP contribution in [-0.4, -0.2) is 40.1 Å². The van der Waals surface area contributed by atoms with Crippen molar-refractivity contribution in [1.29, 1.82) is 0 Å². The Morgan fingerprint density at radius 1 is 1.20 bits per heavy atom. The van der Waals surface area contributed by atoms with Crippen molar-refractivity contribution in [2.24, 2.45) is 5.92 Å². The fourth-order valence-corrected chi connectivity index (χ4v) is 4.10. The highest BCUT2D eigenvalue weighted by molar-refractivity contribution is 6.05. The molecule has 1 aliphatic rings. The molecule has 1 aliphatic heterocycles. The Labute approximate surface area is 171 Å². The fourth-order valence-electron chi connectivity index (χ4n) is 4.10. The minimum atomic E-state index is -0.487. The molecule has 3 heterocycles. The molecule has 1 atom stereocenters. The number of carbonyl (C=O) groups excluding carboxylic acids is 2. The van der Waals surface area contributed by atoms with Gasteiger partial charge in [0.2, 0.25) is 11.8 Å². The summed E-state index contributed by atoms with van der Waals surface area (Å²) < 4.78 is 14.2. The predicted molar refractivity (Wildman–Crippen MR) is 112 cm³/mol. The molecule has 8 heteroatoms. The molecule has 30 heavy (non-hydrogen) atoms. The zero-order chi connectivity index (χ0) is 20.7. The molecular weight excluding hydrogens is 385 g/mol. The second-order valence-corrected chi connectivity index (χ2v) is 7.52. The van der Waals surface area contributed by atoms with Crippen molar-refractivity contribution in [3.63, 3.8) is 0 Å². The van der Waals surface area contributed by atoms with Crippen LogP contribution < -0.4 is 10.2 Å². The number of benzene rings is 2. The van der Waals surface area contributed by atoms with Crippen LogP contribution in [0.3, 0.4) is 0 Å². The minimum absolute atomic E-state index is 0.0850. The van der Waals surface area contributed by atoms with Crippen molar-refractivity contribution in [1.82, 2.24) is 20.5 Å². The minimum Gasteiger partial charge on any atom is -0.361 e. The van der Waals surface area contributed by atoms with Gasteiger partial charge in [0, 0.05) is 36.6 Å². The number of fused-ring (bicyclic) bond motifs is 2. The van der Waals surface area contributed by atoms with Gasteiger partial charge in [0.1, 0.15) is 5.82 Å². The SMILES string of the molecule is O=C(NCCc1c[nH]c2ccccc12)[C@H]1CC(=O)N(c2n[nH]c3cccc(F)c23)C1. The Hall–Kier alpha value is -3.68. The van der Waals surface area contributed by atoms with Crippen LogP contribution in [0, 0.1) is 11.7 Å². The first-order chi connectivity index (χ1) is 14.6. The molecule has 0 saturated carbocycles. The van der Waals surface area contributed by atoms with Crippen LogP contribution in [0.1, 0.15) is 12.0 Å². The number of amides is 2. The van der Waals surface area contributed by atoms with Crippen molar-refractivity contribution < 1.29 is 14.0 Å². The molecular formula is C22H20FN5O2. The first kappa shape index (κ1) is 18.4. The summed E-state index contributed by atoms with van der Waals surface area (Å²) in [6.07, 6.45) is 2.73. The molecule has 7 nitrogen and oxygen atoms in total. The molecule has 0 spiro atoms. The number of hydrogen-bond donors (Lipinski definition) is 3. The Morgan fingerprint density at radius 3 is 2.93 bits per heavy atom. The fraction of sp³-hybridized carbons (Fsp3) is 0.227. The molecule has 0 aliphatic carbocycles. The molecule has 0 bridgehead atoms. The van der Waals surface area contributed by atoms with Gasteiger partial charge in [0.15, 0.2) is 5.82 Å². The van der Waals surface area contributed by atoms with E-state index in [9.17, 15) is 14.0 Å². The van der Waals surface area contributed by atoms with E-state index in [1.54, 1.807) is 12.1 Å². The number of halogens is 1. The molecule has 152 valence electrons. The second-order valence-electron chi connectivity index (χ2n) is 7.52. The molecule has 2 amide bonds. The molecule has 2 aromatic carbocycles. The number of anilines is 1. The number of hydrogen-bond acceptors (Lipinski definition) is 3. The van der Waals surface area contributed by atoms with Crippen LogP contribution in [-0.2, 0) is 16.0 Å². The third-order valence-corrected chi connectivity index (χ3v) is 5.64. The number of nitrogens with one attached hydrogen (secondary N) is 3. The molecule has 0 unspecified atom stereocenters. The second kappa shape index (κ2) is 7.29. The van der Waals surface area contributed by atoms with Gasteiger partial charge >= 0.3 is 0 Å². The van der Waals surface area contributed by atoms with Gasteiger partial charge in [-0.1, -0.05) is 24.3 Å². The highest BCUT2D eigenvalue weighted by Gasteiger charge is 2.37. The number of nitrogens with zero attached hydrogens (tertiary/aromatic N) is 2. The van der Waals surface area contributed by atoms with E-state index in [0.29, 0.717) is 18.5 Å². The lowest BCUT2D eigenvalue weighted by atomic mass is 10.1. The van der Waals surface area contributed by atoms with E-state index in [-0.39, 0.29) is 36.0 Å². The number of rotatable bonds is 5. The Balaban J connectivity index is 1.24. The third kappa shape index (κ3) is 3.10. The summed E-state index contributed by atoms with van der Waals surface area (Å²) in [5, 5.41) is 11.2. The molecule has 3 N–H and O–H groups in total. The number of H-pyrrole nitrogens is 2. The van der Waals surface area contributed by atoms with Gasteiger partial charge in [0.25, 0.3) is 0 Å². The lowest BCUT2D eigenvalue weighted by molar-refractivity contribution is -0.126. The van der Waals surface area contributed by atoms with Gasteiger partial charge in [-0.2, -0.15) is 5.10 Å². The molecule has 5 rings (SSSR count). The average molecular weight is 405 g/mol. The summed E-state index contributed by atoms with van der Waals surface area (Å²) in [6, 6.07) is 12.6. The maximum Gasteiger partial charge on any atom is 0.229 e. The monoisotopic (exact) mass is 405 g/mol. The van der Waals surface area contributed by atoms with Gasteiger partial charge in [0.05, 0.1) is 16.8 Å². The zero-order valence-electron chi connectivity index (χ0n) is 16.1. The Kier molecular flexibility index (Phi) is 4.46. The zero-order valence-corrected chi connectivity index (χ0v) is 16.1. The Bertz CT molecular complexity index is 1260. The molecule has 2 aromatic heterocycles. The third-order valence-electron chi connectivity index (χ3n) is 5.64. The van der Waals surface area contributed by atoms with Gasteiger partial charge in [-0.3, -0.25) is 19.6 Å². The number of carbonyl (C=O) groups is 2. The maximum absolute atomic E-state index is 14.2. The van der Waals surface area contributed by atoms with E-state index < -0.39 is 11.7 Å². The van der Waals surface area contributed by atoms with Crippen molar-refractivity contribution in [3.8, 4) is 0 Å². The predicted octanol–water partition coefficient (Wildman–Crippen LogP) is 2.90. The average Bonchev–Trinajstić information content (AvgIpc) is 3.45. The number of para-hydroxylation sites is 1. The van der Waals surface area contributed by atoms with Crippen LogP contribution in [0.5, 0.6) is 0 Å². The van der Waals surface area contributed by atoms with E-state index in [1.807, 2.05) is 30.5 Å². The molecule has 4 aromatic rings. The van der Waals surface area contributed by atoms with Gasteiger partial charge in [-0.25, -0.2) is 4.39 Å². The lowest BCUT2D eigenvalue weighted by Crippen LogP contribution is -2.34. The van der Waals surface area contributed by atoms with Crippen LogP contribution >= 0.6 is 0 Å². The van der Waals surface area contributed by atoms with Crippen LogP contribution in [0.4, 0.5) is 10.2 Å². The van der Waals surface area contributed by atoms with Gasteiger partial charge in [-0.15, -0.1) is 0 Å². The van der Waals surface area contributed by atoms with Crippen LogP contribution in [0.15, 0.2) is 48.7 Å². The van der Waals surface area contributed by atoms with Gasteiger partial charge in [-0.05, 0) is 30.2 Å². The number of aromatic amines is 2.